The minimum atomic E-state index is -0.211. The van der Waals surface area contributed by atoms with Crippen molar-refractivity contribution >= 4 is 5.69 Å². The molecule has 0 radical (unpaired) electrons. The molecule has 0 saturated heterocycles. The van der Waals surface area contributed by atoms with E-state index in [1.165, 1.54) is 12.1 Å². The van der Waals surface area contributed by atoms with Crippen molar-refractivity contribution in [3.05, 3.63) is 59.4 Å². The number of rotatable bonds is 5. The molecule has 21 heavy (non-hydrogen) atoms. The minimum Gasteiger partial charge on any atom is -0.491 e. The maximum atomic E-state index is 13.0. The Labute approximate surface area is 126 Å². The fourth-order valence-electron chi connectivity index (χ4n) is 2.21. The molecular formula is C18H22FNO. The van der Waals surface area contributed by atoms with Gasteiger partial charge in [0, 0.05) is 11.7 Å². The molecule has 2 nitrogen and oxygen atoms in total. The normalized spacial score (nSPS) is 12.3. The van der Waals surface area contributed by atoms with Gasteiger partial charge in [-0.1, -0.05) is 12.1 Å². The number of halogens is 1. The van der Waals surface area contributed by atoms with Crippen molar-refractivity contribution in [3.8, 4) is 5.75 Å². The van der Waals surface area contributed by atoms with E-state index in [-0.39, 0.29) is 18.0 Å². The summed E-state index contributed by atoms with van der Waals surface area (Å²) in [4.78, 5) is 0. The molecule has 0 heterocycles. The average molecular weight is 287 g/mol. The van der Waals surface area contributed by atoms with E-state index < -0.39 is 0 Å². The lowest BCUT2D eigenvalue weighted by Gasteiger charge is -2.18. The van der Waals surface area contributed by atoms with Gasteiger partial charge in [-0.3, -0.25) is 0 Å². The van der Waals surface area contributed by atoms with E-state index in [0.29, 0.717) is 0 Å². The van der Waals surface area contributed by atoms with E-state index in [0.717, 1.165) is 22.6 Å². The molecule has 2 rings (SSSR count). The monoisotopic (exact) mass is 287 g/mol. The van der Waals surface area contributed by atoms with Gasteiger partial charge in [0.05, 0.1) is 6.10 Å². The topological polar surface area (TPSA) is 21.3 Å². The van der Waals surface area contributed by atoms with Crippen LogP contribution in [0.15, 0.2) is 42.5 Å². The Morgan fingerprint density at radius 3 is 2.24 bits per heavy atom. The van der Waals surface area contributed by atoms with Crippen LogP contribution in [-0.2, 0) is 0 Å². The first-order valence-corrected chi connectivity index (χ1v) is 7.25. The number of hydrogen-bond acceptors (Lipinski definition) is 2. The third-order valence-electron chi connectivity index (χ3n) is 3.31. The Morgan fingerprint density at radius 2 is 1.67 bits per heavy atom. The van der Waals surface area contributed by atoms with E-state index >= 15 is 0 Å². The summed E-state index contributed by atoms with van der Waals surface area (Å²) >= 11 is 0. The van der Waals surface area contributed by atoms with Gasteiger partial charge >= 0.3 is 0 Å². The van der Waals surface area contributed by atoms with Gasteiger partial charge in [0.15, 0.2) is 0 Å². The zero-order chi connectivity index (χ0) is 15.4. The van der Waals surface area contributed by atoms with Crippen LogP contribution in [0.5, 0.6) is 5.75 Å². The molecule has 0 aromatic heterocycles. The van der Waals surface area contributed by atoms with Crippen LogP contribution in [0.3, 0.4) is 0 Å². The molecule has 0 aliphatic rings. The third-order valence-corrected chi connectivity index (χ3v) is 3.31. The molecule has 3 heteroatoms. The number of benzene rings is 2. The first kappa shape index (κ1) is 15.4. The highest BCUT2D eigenvalue weighted by Crippen LogP contribution is 2.26. The molecule has 2 aromatic carbocycles. The zero-order valence-electron chi connectivity index (χ0n) is 13.0. The summed E-state index contributed by atoms with van der Waals surface area (Å²) in [5.41, 5.74) is 3.24. The molecule has 0 amide bonds. The number of anilines is 1. The molecule has 0 aliphatic carbocycles. The largest absolute Gasteiger partial charge is 0.491 e. The quantitative estimate of drug-likeness (QED) is 0.826. The Hall–Kier alpha value is -2.03. The SMILES string of the molecule is Cc1cc(OC(C)C)ccc1NC(C)c1ccc(F)cc1. The highest BCUT2D eigenvalue weighted by atomic mass is 19.1. The highest BCUT2D eigenvalue weighted by Gasteiger charge is 2.08. The van der Waals surface area contributed by atoms with E-state index in [1.807, 2.05) is 39.0 Å². The zero-order valence-corrected chi connectivity index (χ0v) is 13.0. The second-order valence-corrected chi connectivity index (χ2v) is 5.56. The Bertz CT molecular complexity index is 593. The summed E-state index contributed by atoms with van der Waals surface area (Å²) in [5.74, 6) is 0.666. The second-order valence-electron chi connectivity index (χ2n) is 5.56. The van der Waals surface area contributed by atoms with Crippen LogP contribution in [0.2, 0.25) is 0 Å². The number of ether oxygens (including phenoxy) is 1. The lowest BCUT2D eigenvalue weighted by atomic mass is 10.1. The molecular weight excluding hydrogens is 265 g/mol. The molecule has 0 saturated carbocycles. The third kappa shape index (κ3) is 4.22. The number of aryl methyl sites for hydroxylation is 1. The van der Waals surface area contributed by atoms with Crippen molar-refractivity contribution in [3.63, 3.8) is 0 Å². The lowest BCUT2D eigenvalue weighted by Crippen LogP contribution is -2.09. The maximum absolute atomic E-state index is 13.0. The van der Waals surface area contributed by atoms with E-state index in [9.17, 15) is 4.39 Å². The van der Waals surface area contributed by atoms with Gasteiger partial charge in [0.2, 0.25) is 0 Å². The molecule has 0 aliphatic heterocycles. The molecule has 112 valence electrons. The van der Waals surface area contributed by atoms with Gasteiger partial charge in [-0.25, -0.2) is 4.39 Å². The summed E-state index contributed by atoms with van der Waals surface area (Å²) in [6.07, 6.45) is 0.168. The second kappa shape index (κ2) is 6.61. The molecule has 0 fully saturated rings. The molecule has 0 bridgehead atoms. The van der Waals surface area contributed by atoms with Crippen molar-refractivity contribution in [1.82, 2.24) is 0 Å². The van der Waals surface area contributed by atoms with Gasteiger partial charge in [0.1, 0.15) is 11.6 Å². The highest BCUT2D eigenvalue weighted by molar-refractivity contribution is 5.54. The van der Waals surface area contributed by atoms with Crippen molar-refractivity contribution in [2.45, 2.75) is 39.8 Å². The predicted molar refractivity (Wildman–Crippen MR) is 85.4 cm³/mol. The molecule has 1 atom stereocenters. The first-order chi connectivity index (χ1) is 9.95. The van der Waals surface area contributed by atoms with Crippen LogP contribution in [0, 0.1) is 12.7 Å². The Morgan fingerprint density at radius 1 is 1.00 bits per heavy atom. The Balaban J connectivity index is 2.10. The number of hydrogen-bond donors (Lipinski definition) is 1. The smallest absolute Gasteiger partial charge is 0.123 e. The van der Waals surface area contributed by atoms with Gasteiger partial charge in [0.25, 0.3) is 0 Å². The van der Waals surface area contributed by atoms with Gasteiger partial charge in [-0.05, 0) is 69.2 Å². The van der Waals surface area contributed by atoms with Crippen LogP contribution >= 0.6 is 0 Å². The van der Waals surface area contributed by atoms with Gasteiger partial charge in [-0.2, -0.15) is 0 Å². The predicted octanol–water partition coefficient (Wildman–Crippen LogP) is 5.09. The van der Waals surface area contributed by atoms with E-state index in [1.54, 1.807) is 12.1 Å². The summed E-state index contributed by atoms with van der Waals surface area (Å²) in [5, 5.41) is 3.45. The first-order valence-electron chi connectivity index (χ1n) is 7.25. The average Bonchev–Trinajstić information content (AvgIpc) is 2.42. The Kier molecular flexibility index (Phi) is 4.84. The van der Waals surface area contributed by atoms with Crippen molar-refractivity contribution in [2.75, 3.05) is 5.32 Å². The molecule has 1 N–H and O–H groups in total. The summed E-state index contributed by atoms with van der Waals surface area (Å²) < 4.78 is 18.6. The van der Waals surface area contributed by atoms with Gasteiger partial charge < -0.3 is 10.1 Å². The molecule has 0 spiro atoms. The van der Waals surface area contributed by atoms with Crippen molar-refractivity contribution < 1.29 is 9.13 Å². The molecule has 1 unspecified atom stereocenters. The van der Waals surface area contributed by atoms with E-state index in [4.69, 9.17) is 4.74 Å². The van der Waals surface area contributed by atoms with Crippen LogP contribution in [0.4, 0.5) is 10.1 Å². The van der Waals surface area contributed by atoms with Crippen LogP contribution in [-0.4, -0.2) is 6.10 Å². The van der Waals surface area contributed by atoms with Gasteiger partial charge in [-0.15, -0.1) is 0 Å². The van der Waals surface area contributed by atoms with Crippen LogP contribution in [0.1, 0.15) is 37.9 Å². The standard InChI is InChI=1S/C18H22FNO/c1-12(2)21-17-9-10-18(13(3)11-17)20-14(4)15-5-7-16(19)8-6-15/h5-12,14,20H,1-4H3. The fourth-order valence-corrected chi connectivity index (χ4v) is 2.21. The summed E-state index contributed by atoms with van der Waals surface area (Å²) in [6.45, 7) is 8.13. The fraction of sp³-hybridized carbons (Fsp3) is 0.333. The van der Waals surface area contributed by atoms with E-state index in [2.05, 4.69) is 12.2 Å². The summed E-state index contributed by atoms with van der Waals surface area (Å²) in [7, 11) is 0. The van der Waals surface area contributed by atoms with Crippen molar-refractivity contribution in [2.24, 2.45) is 0 Å². The van der Waals surface area contributed by atoms with Crippen LogP contribution < -0.4 is 10.1 Å². The molecule has 2 aromatic rings. The van der Waals surface area contributed by atoms with Crippen LogP contribution in [0.25, 0.3) is 0 Å². The maximum Gasteiger partial charge on any atom is 0.123 e. The summed E-state index contributed by atoms with van der Waals surface area (Å²) in [6, 6.07) is 12.7. The number of nitrogens with one attached hydrogen (secondary N) is 1. The lowest BCUT2D eigenvalue weighted by molar-refractivity contribution is 0.242. The van der Waals surface area contributed by atoms with Crippen molar-refractivity contribution in [1.29, 1.82) is 0 Å². The minimum absolute atomic E-state index is 0.112.